The number of carbonyl (C=O) groups is 2. The third kappa shape index (κ3) is 8.63. The summed E-state index contributed by atoms with van der Waals surface area (Å²) in [5.74, 6) is -0.973. The summed E-state index contributed by atoms with van der Waals surface area (Å²) in [5, 5.41) is 20.2. The molecule has 218 valence electrons. The van der Waals surface area contributed by atoms with Crippen LogP contribution < -0.4 is 20.3 Å². The Hall–Kier alpha value is -3.73. The Morgan fingerprint density at radius 2 is 1.49 bits per heavy atom. The van der Waals surface area contributed by atoms with E-state index in [1.54, 1.807) is 0 Å². The number of aliphatic hydroxyl groups excluding tert-OH is 1. The van der Waals surface area contributed by atoms with Crippen LogP contribution in [0.5, 0.6) is 0 Å². The average Bonchev–Trinajstić information content (AvgIpc) is 3.80. The molecule has 3 aromatic carbocycles. The SMILES string of the molecule is C[C@@H](N[11C](=O)c1cc(C(=O)N[C@@H](Cc2ccccc2)[C@H](O)CNC2CC2)cc(N(C)S(C)(=O)=O)c1)c1ccccc1. The van der Waals surface area contributed by atoms with E-state index >= 15 is 0 Å². The quantitative estimate of drug-likeness (QED) is 0.247. The molecule has 0 saturated heterocycles. The van der Waals surface area contributed by atoms with Gasteiger partial charge in [0.2, 0.25) is 10.0 Å². The van der Waals surface area contributed by atoms with E-state index in [4.69, 9.17) is 0 Å². The maximum absolute atomic E-state index is 13.6. The van der Waals surface area contributed by atoms with Crippen LogP contribution in [0.3, 0.4) is 0 Å². The Balaban J connectivity index is 1.61. The molecule has 0 radical (unpaired) electrons. The normalized spacial score (nSPS) is 15.4. The van der Waals surface area contributed by atoms with Crippen molar-refractivity contribution in [2.45, 2.75) is 50.4 Å². The van der Waals surface area contributed by atoms with Crippen LogP contribution in [0, 0.1) is 0 Å². The van der Waals surface area contributed by atoms with Gasteiger partial charge in [-0.1, -0.05) is 60.7 Å². The summed E-state index contributed by atoms with van der Waals surface area (Å²) in [7, 11) is -2.30. The summed E-state index contributed by atoms with van der Waals surface area (Å²) >= 11 is 0. The standard InChI is InChI=1S/C31H38N4O5S/c1-21(23-12-8-5-9-13-23)33-30(37)24-17-25(19-27(18-24)35(2)41(3,39)40)31(38)34-28(16-22-10-6-4-7-11-22)29(36)20-32-26-14-15-26/h4-13,17-19,21,26,28-29,32,36H,14-16,20H2,1-3H3,(H,33,37)(H,34,38)/t21-,28+,29-/m1/s1/i30-1. The molecule has 0 heterocycles. The van der Waals surface area contributed by atoms with Gasteiger partial charge in [0.25, 0.3) is 11.8 Å². The first-order valence-corrected chi connectivity index (χ1v) is 15.6. The molecule has 2 amide bonds. The maximum atomic E-state index is 13.6. The van der Waals surface area contributed by atoms with Crippen molar-refractivity contribution in [2.75, 3.05) is 24.2 Å². The number of sulfonamides is 1. The second-order valence-corrected chi connectivity index (χ2v) is 12.6. The van der Waals surface area contributed by atoms with Gasteiger partial charge in [-0.2, -0.15) is 0 Å². The number of hydrogen-bond donors (Lipinski definition) is 4. The van der Waals surface area contributed by atoms with Gasteiger partial charge in [-0.05, 0) is 55.5 Å². The molecule has 0 aromatic heterocycles. The van der Waals surface area contributed by atoms with E-state index in [2.05, 4.69) is 16.0 Å². The Labute approximate surface area is 242 Å². The predicted molar refractivity (Wildman–Crippen MR) is 160 cm³/mol. The van der Waals surface area contributed by atoms with Gasteiger partial charge in [-0.25, -0.2) is 8.42 Å². The summed E-state index contributed by atoms with van der Waals surface area (Å²) in [4.78, 5) is 26.9. The van der Waals surface area contributed by atoms with Gasteiger partial charge in [-0.15, -0.1) is 0 Å². The minimum atomic E-state index is -3.67. The first-order chi connectivity index (χ1) is 19.5. The van der Waals surface area contributed by atoms with Gasteiger partial charge >= 0.3 is 0 Å². The van der Waals surface area contributed by atoms with Crippen molar-refractivity contribution in [1.82, 2.24) is 16.0 Å². The Morgan fingerprint density at radius 1 is 0.927 bits per heavy atom. The van der Waals surface area contributed by atoms with E-state index < -0.39 is 34.0 Å². The number of anilines is 1. The highest BCUT2D eigenvalue weighted by Crippen LogP contribution is 2.23. The lowest BCUT2D eigenvalue weighted by Crippen LogP contribution is -2.49. The molecule has 1 fully saturated rings. The molecule has 3 aromatic rings. The van der Waals surface area contributed by atoms with Crippen molar-refractivity contribution in [3.8, 4) is 0 Å². The molecule has 10 heteroatoms. The van der Waals surface area contributed by atoms with Gasteiger partial charge < -0.3 is 21.1 Å². The summed E-state index contributed by atoms with van der Waals surface area (Å²) in [6.45, 7) is 2.17. The second kappa shape index (κ2) is 13.3. The number of nitrogens with zero attached hydrogens (tertiary/aromatic N) is 1. The minimum Gasteiger partial charge on any atom is -0.390 e. The van der Waals surface area contributed by atoms with E-state index in [9.17, 15) is 23.1 Å². The van der Waals surface area contributed by atoms with E-state index in [1.165, 1.54) is 25.2 Å². The van der Waals surface area contributed by atoms with Crippen LogP contribution in [0.15, 0.2) is 78.9 Å². The summed E-state index contributed by atoms with van der Waals surface area (Å²) in [6.07, 6.45) is 2.71. The van der Waals surface area contributed by atoms with E-state index in [0.29, 0.717) is 19.0 Å². The third-order valence-corrected chi connectivity index (χ3v) is 8.43. The molecule has 41 heavy (non-hydrogen) atoms. The molecule has 0 aliphatic heterocycles. The molecular formula is C31H38N4O5S. The van der Waals surface area contributed by atoms with Gasteiger partial charge in [0, 0.05) is 30.8 Å². The molecule has 9 nitrogen and oxygen atoms in total. The van der Waals surface area contributed by atoms with Gasteiger partial charge in [-0.3, -0.25) is 13.9 Å². The second-order valence-electron chi connectivity index (χ2n) is 10.6. The van der Waals surface area contributed by atoms with Gasteiger partial charge in [0.05, 0.1) is 30.1 Å². The molecule has 1 saturated carbocycles. The molecule has 4 rings (SSSR count). The molecule has 0 spiro atoms. The highest BCUT2D eigenvalue weighted by atomic mass is 32.2. The van der Waals surface area contributed by atoms with Crippen molar-refractivity contribution in [1.29, 1.82) is 0 Å². The lowest BCUT2D eigenvalue weighted by atomic mass is 9.85. The molecule has 3 atom stereocenters. The van der Waals surface area contributed by atoms with Crippen LogP contribution in [0.1, 0.15) is 57.7 Å². The highest BCUT2D eigenvalue weighted by Gasteiger charge is 2.27. The number of hydrogen-bond acceptors (Lipinski definition) is 6. The summed E-state index contributed by atoms with van der Waals surface area (Å²) < 4.78 is 25.7. The fourth-order valence-electron chi connectivity index (χ4n) is 4.47. The van der Waals surface area contributed by atoms with Crippen LogP contribution >= 0.6 is 0 Å². The lowest BCUT2D eigenvalue weighted by molar-refractivity contribution is 0.0830. The molecule has 1 aliphatic carbocycles. The highest BCUT2D eigenvalue weighted by molar-refractivity contribution is 7.92. The zero-order valence-corrected chi connectivity index (χ0v) is 24.4. The fourth-order valence-corrected chi connectivity index (χ4v) is 4.96. The number of amides is 2. The molecular weight excluding hydrogens is 539 g/mol. The topological polar surface area (TPSA) is 128 Å². The molecule has 1 aliphatic rings. The zero-order valence-electron chi connectivity index (χ0n) is 23.6. The van der Waals surface area contributed by atoms with Crippen molar-refractivity contribution in [2.24, 2.45) is 0 Å². The van der Waals surface area contributed by atoms with Crippen molar-refractivity contribution < 1.29 is 23.1 Å². The smallest absolute Gasteiger partial charge is 0.251 e. The Kier molecular flexibility index (Phi) is 9.80. The monoisotopic (exact) mass is 577 g/mol. The largest absolute Gasteiger partial charge is 0.390 e. The average molecular weight is 578 g/mol. The van der Waals surface area contributed by atoms with Crippen LogP contribution in [0.4, 0.5) is 5.69 Å². The number of aliphatic hydroxyl groups is 1. The van der Waals surface area contributed by atoms with Crippen molar-refractivity contribution in [3.05, 3.63) is 101 Å². The molecule has 0 unspecified atom stereocenters. The molecule has 0 bridgehead atoms. The van der Waals surface area contributed by atoms with Gasteiger partial charge in [0.1, 0.15) is 0 Å². The van der Waals surface area contributed by atoms with Crippen molar-refractivity contribution in [3.63, 3.8) is 0 Å². The van der Waals surface area contributed by atoms with Gasteiger partial charge in [0.15, 0.2) is 0 Å². The Morgan fingerprint density at radius 3 is 2.05 bits per heavy atom. The van der Waals surface area contributed by atoms with Crippen LogP contribution in [-0.2, 0) is 16.4 Å². The number of nitrogens with one attached hydrogen (secondary N) is 3. The number of rotatable bonds is 13. The Bertz CT molecular complexity index is 1450. The molecule has 4 N–H and O–H groups in total. The van der Waals surface area contributed by atoms with E-state index in [-0.39, 0.29) is 22.9 Å². The first kappa shape index (κ1) is 30.2. The van der Waals surface area contributed by atoms with Crippen LogP contribution in [-0.4, -0.2) is 63.4 Å². The lowest BCUT2D eigenvalue weighted by Gasteiger charge is -2.25. The minimum absolute atomic E-state index is 0.107. The zero-order chi connectivity index (χ0) is 29.6. The van der Waals surface area contributed by atoms with Crippen LogP contribution in [0.25, 0.3) is 0 Å². The van der Waals surface area contributed by atoms with Crippen LogP contribution in [0.2, 0.25) is 0 Å². The predicted octanol–water partition coefficient (Wildman–Crippen LogP) is 3.03. The van der Waals surface area contributed by atoms with E-state index in [0.717, 1.165) is 34.5 Å². The summed E-state index contributed by atoms with van der Waals surface area (Å²) in [6, 6.07) is 22.8. The fraction of sp³-hybridized carbons (Fsp3) is 0.355. The number of carbonyl (C=O) groups excluding carboxylic acids is 2. The number of benzene rings is 3. The first-order valence-electron chi connectivity index (χ1n) is 13.7. The maximum Gasteiger partial charge on any atom is 0.251 e. The van der Waals surface area contributed by atoms with Crippen molar-refractivity contribution >= 4 is 27.5 Å². The summed E-state index contributed by atoms with van der Waals surface area (Å²) in [5.41, 5.74) is 2.27. The van der Waals surface area contributed by atoms with E-state index in [1.807, 2.05) is 67.6 Å². The third-order valence-electron chi connectivity index (χ3n) is 7.22.